The van der Waals surface area contributed by atoms with Gasteiger partial charge in [-0.15, -0.1) is 0 Å². The van der Waals surface area contributed by atoms with Gasteiger partial charge < -0.3 is 14.8 Å². The molecule has 130 valence electrons. The highest BCUT2D eigenvalue weighted by molar-refractivity contribution is 8.26. The quantitative estimate of drug-likeness (QED) is 0.579. The minimum Gasteiger partial charge on any atom is -0.548 e. The molecule has 0 spiro atoms. The van der Waals surface area contributed by atoms with Crippen LogP contribution in [0.1, 0.15) is 19.4 Å². The molecule has 0 aliphatic carbocycles. The van der Waals surface area contributed by atoms with E-state index in [9.17, 15) is 19.5 Å². The van der Waals surface area contributed by atoms with Crippen molar-refractivity contribution in [2.24, 2.45) is 5.92 Å². The zero-order chi connectivity index (χ0) is 18.5. The Kier molecular flexibility index (Phi) is 4.42. The summed E-state index contributed by atoms with van der Waals surface area (Å²) in [6.45, 7) is 3.35. The van der Waals surface area contributed by atoms with E-state index in [1.165, 1.54) is 4.90 Å². The molecule has 2 amide bonds. The van der Waals surface area contributed by atoms with E-state index in [0.29, 0.717) is 11.3 Å². The lowest BCUT2D eigenvalue weighted by Gasteiger charge is -2.30. The van der Waals surface area contributed by atoms with E-state index < -0.39 is 17.9 Å². The van der Waals surface area contributed by atoms with Gasteiger partial charge in [-0.2, -0.15) is 0 Å². The first kappa shape index (κ1) is 17.6. The number of hydrogen-bond acceptors (Lipinski definition) is 6. The smallest absolute Gasteiger partial charge is 0.267 e. The number of rotatable bonds is 3. The minimum atomic E-state index is -1.37. The zero-order valence-electron chi connectivity index (χ0n) is 13.8. The first-order chi connectivity index (χ1) is 11.8. The number of thioether (sulfide) groups is 1. The molecular weight excluding hydrogens is 360 g/mol. The molecule has 1 saturated heterocycles. The molecule has 1 atom stereocenters. The molecule has 0 saturated carbocycles. The predicted octanol–water partition coefficient (Wildman–Crippen LogP) is 1.01. The fourth-order valence-corrected chi connectivity index (χ4v) is 4.44. The van der Waals surface area contributed by atoms with E-state index in [4.69, 9.17) is 12.2 Å². The Bertz CT molecular complexity index is 847. The third-order valence-electron chi connectivity index (χ3n) is 4.23. The van der Waals surface area contributed by atoms with E-state index in [-0.39, 0.29) is 26.6 Å². The van der Waals surface area contributed by atoms with Gasteiger partial charge in [-0.05, 0) is 12.0 Å². The monoisotopic (exact) mass is 375 g/mol. The largest absolute Gasteiger partial charge is 0.548 e. The molecule has 25 heavy (non-hydrogen) atoms. The number of anilines is 1. The summed E-state index contributed by atoms with van der Waals surface area (Å²) in [6, 6.07) is 5.97. The predicted molar refractivity (Wildman–Crippen MR) is 97.4 cm³/mol. The number of carboxylic acids is 1. The van der Waals surface area contributed by atoms with Crippen LogP contribution in [0.25, 0.3) is 5.57 Å². The second kappa shape index (κ2) is 6.27. The molecule has 1 aromatic rings. The van der Waals surface area contributed by atoms with Gasteiger partial charge in [0.2, 0.25) is 0 Å². The van der Waals surface area contributed by atoms with E-state index >= 15 is 0 Å². The molecule has 0 N–H and O–H groups in total. The van der Waals surface area contributed by atoms with Crippen LogP contribution >= 0.6 is 24.0 Å². The fourth-order valence-electron chi connectivity index (χ4n) is 3.04. The maximum Gasteiger partial charge on any atom is 0.267 e. The van der Waals surface area contributed by atoms with Crippen molar-refractivity contribution in [2.45, 2.75) is 19.9 Å². The number of amides is 2. The van der Waals surface area contributed by atoms with Crippen LogP contribution < -0.4 is 10.0 Å². The molecule has 8 heteroatoms. The van der Waals surface area contributed by atoms with Crippen LogP contribution in [0.3, 0.4) is 0 Å². The third-order valence-corrected chi connectivity index (χ3v) is 5.63. The van der Waals surface area contributed by atoms with Gasteiger partial charge in [0.25, 0.3) is 11.8 Å². The van der Waals surface area contributed by atoms with Crippen molar-refractivity contribution in [3.05, 3.63) is 34.7 Å². The average molecular weight is 375 g/mol. The number of carboxylic acid groups (broad SMARTS) is 1. The van der Waals surface area contributed by atoms with Gasteiger partial charge in [-0.25, -0.2) is 0 Å². The molecule has 0 radical (unpaired) electrons. The van der Waals surface area contributed by atoms with Crippen LogP contribution in [0.4, 0.5) is 5.69 Å². The van der Waals surface area contributed by atoms with Gasteiger partial charge >= 0.3 is 0 Å². The Balaban J connectivity index is 2.13. The van der Waals surface area contributed by atoms with Crippen LogP contribution in [-0.2, 0) is 14.4 Å². The molecule has 1 aromatic carbocycles. The Morgan fingerprint density at radius 3 is 2.44 bits per heavy atom. The number of carbonyl (C=O) groups is 3. The summed E-state index contributed by atoms with van der Waals surface area (Å²) < 4.78 is 0.121. The van der Waals surface area contributed by atoms with Crippen molar-refractivity contribution in [1.29, 1.82) is 0 Å². The Labute approximate surface area is 154 Å². The van der Waals surface area contributed by atoms with Crippen LogP contribution in [-0.4, -0.2) is 40.1 Å². The summed E-state index contributed by atoms with van der Waals surface area (Å²) in [5.41, 5.74) is 1.61. The van der Waals surface area contributed by atoms with Crippen LogP contribution in [0.5, 0.6) is 0 Å². The normalized spacial score (nSPS) is 21.4. The Morgan fingerprint density at radius 1 is 1.20 bits per heavy atom. The first-order valence-electron chi connectivity index (χ1n) is 7.63. The standard InChI is InChI=1S/C17H16N2O4S2/c1-8(2)12(16(22)23)19-15(21)13(25-17(19)24)11-9-6-4-5-7-10(9)18(3)14(11)20/h4-8,12H,1-3H3,(H,22,23)/p-1. The van der Waals surface area contributed by atoms with E-state index in [2.05, 4.69) is 0 Å². The van der Waals surface area contributed by atoms with Crippen LogP contribution in [0, 0.1) is 5.92 Å². The van der Waals surface area contributed by atoms with Crippen molar-refractivity contribution in [1.82, 2.24) is 4.90 Å². The van der Waals surface area contributed by atoms with Gasteiger partial charge in [0.1, 0.15) is 4.32 Å². The van der Waals surface area contributed by atoms with Gasteiger partial charge in [-0.3, -0.25) is 14.5 Å². The minimum absolute atomic E-state index is 0.121. The lowest BCUT2D eigenvalue weighted by atomic mass is 10.0. The summed E-state index contributed by atoms with van der Waals surface area (Å²) in [4.78, 5) is 39.8. The third kappa shape index (κ3) is 2.65. The molecule has 1 fully saturated rings. The van der Waals surface area contributed by atoms with Crippen LogP contribution in [0.2, 0.25) is 0 Å². The molecule has 2 aliphatic heterocycles. The topological polar surface area (TPSA) is 80.7 Å². The van der Waals surface area contributed by atoms with E-state index in [1.54, 1.807) is 39.1 Å². The van der Waals surface area contributed by atoms with Crippen molar-refractivity contribution in [3.63, 3.8) is 0 Å². The number of likely N-dealkylation sites (N-methyl/N-ethyl adjacent to an activating group) is 1. The van der Waals surface area contributed by atoms with Crippen molar-refractivity contribution < 1.29 is 19.5 Å². The highest BCUT2D eigenvalue weighted by Crippen LogP contribution is 2.44. The van der Waals surface area contributed by atoms with Crippen LogP contribution in [0.15, 0.2) is 29.2 Å². The average Bonchev–Trinajstić information content (AvgIpc) is 2.96. The number of benzene rings is 1. The highest BCUT2D eigenvalue weighted by Gasteiger charge is 2.44. The van der Waals surface area contributed by atoms with E-state index in [1.807, 2.05) is 6.07 Å². The van der Waals surface area contributed by atoms with Crippen molar-refractivity contribution in [3.8, 4) is 0 Å². The van der Waals surface area contributed by atoms with Crippen molar-refractivity contribution in [2.75, 3.05) is 11.9 Å². The maximum atomic E-state index is 12.9. The molecule has 2 aliphatic rings. The number of fused-ring (bicyclic) bond motifs is 1. The number of aliphatic carboxylic acids is 1. The van der Waals surface area contributed by atoms with Gasteiger partial charge in [-0.1, -0.05) is 56.0 Å². The molecule has 3 rings (SSSR count). The van der Waals surface area contributed by atoms with Gasteiger partial charge in [0, 0.05) is 12.6 Å². The Morgan fingerprint density at radius 2 is 1.84 bits per heavy atom. The first-order valence-corrected chi connectivity index (χ1v) is 8.86. The summed E-state index contributed by atoms with van der Waals surface area (Å²) in [7, 11) is 1.63. The summed E-state index contributed by atoms with van der Waals surface area (Å²) in [5.74, 6) is -2.62. The molecule has 6 nitrogen and oxygen atoms in total. The SMILES string of the molecule is CC(C)C(C(=O)[O-])N1C(=O)C(=C2C(=O)N(C)c3ccccc32)SC1=S. The molecular formula is C17H15N2O4S2-. The zero-order valence-corrected chi connectivity index (χ0v) is 15.4. The molecule has 0 aromatic heterocycles. The number of para-hydroxylation sites is 1. The fraction of sp³-hybridized carbons (Fsp3) is 0.294. The Hall–Kier alpha value is -2.19. The van der Waals surface area contributed by atoms with Gasteiger partial charge in [0.15, 0.2) is 0 Å². The van der Waals surface area contributed by atoms with Gasteiger partial charge in [0.05, 0.1) is 28.2 Å². The highest BCUT2D eigenvalue weighted by atomic mass is 32.2. The number of hydrogen-bond donors (Lipinski definition) is 0. The second-order valence-electron chi connectivity index (χ2n) is 6.14. The van der Waals surface area contributed by atoms with Crippen molar-refractivity contribution >= 4 is 57.3 Å². The second-order valence-corrected chi connectivity index (χ2v) is 7.78. The number of thiocarbonyl (C=S) groups is 1. The molecule has 0 bridgehead atoms. The lowest BCUT2D eigenvalue weighted by molar-refractivity contribution is -0.311. The lowest BCUT2D eigenvalue weighted by Crippen LogP contribution is -2.52. The number of nitrogens with zero attached hydrogens (tertiary/aromatic N) is 2. The molecule has 2 heterocycles. The summed E-state index contributed by atoms with van der Waals surface area (Å²) in [5, 5.41) is 11.5. The van der Waals surface area contributed by atoms with E-state index in [0.717, 1.165) is 16.7 Å². The maximum absolute atomic E-state index is 12.9. The summed E-state index contributed by atoms with van der Waals surface area (Å²) in [6.07, 6.45) is 0. The number of carbonyl (C=O) groups excluding carboxylic acids is 3. The molecule has 1 unspecified atom stereocenters. The summed E-state index contributed by atoms with van der Waals surface area (Å²) >= 11 is 6.19.